The van der Waals surface area contributed by atoms with Crippen LogP contribution in [0.15, 0.2) is 21.1 Å². The molecule has 23 heavy (non-hydrogen) atoms. The molecule has 1 N–H and O–H groups in total. The molecule has 6 heteroatoms. The molecule has 2 heterocycles. The Morgan fingerprint density at radius 3 is 2.74 bits per heavy atom. The average Bonchev–Trinajstić information content (AvgIpc) is 2.57. The van der Waals surface area contributed by atoms with E-state index in [9.17, 15) is 5.11 Å². The molecule has 1 aromatic carbocycles. The van der Waals surface area contributed by atoms with Gasteiger partial charge in [-0.25, -0.2) is 0 Å². The topological polar surface area (TPSA) is 41.9 Å². The second kappa shape index (κ2) is 6.30. The molecule has 1 aliphatic carbocycles. The summed E-state index contributed by atoms with van der Waals surface area (Å²) < 4.78 is 14.0. The number of benzene rings is 1. The fourth-order valence-corrected chi connectivity index (χ4v) is 5.72. The molecule has 0 radical (unpaired) electrons. The van der Waals surface area contributed by atoms with Gasteiger partial charge in [-0.3, -0.25) is 4.90 Å². The number of rotatable bonds is 1. The zero-order chi connectivity index (χ0) is 16.0. The second-order valence-corrected chi connectivity index (χ2v) is 8.42. The standard InChI is InChI=1S/C17H21Br2NO3/c18-11-9-12-15(21)13-3-1-2-4-17(13,20-5-7-22-8-6-20)23-16(12)14(19)10-11/h9-10,13,15,21H,1-8H2. The van der Waals surface area contributed by atoms with Crippen LogP contribution in [0.3, 0.4) is 0 Å². The summed E-state index contributed by atoms with van der Waals surface area (Å²) in [5.74, 6) is 0.911. The van der Waals surface area contributed by atoms with Gasteiger partial charge in [0, 0.05) is 35.5 Å². The smallest absolute Gasteiger partial charge is 0.169 e. The average molecular weight is 447 g/mol. The lowest BCUT2D eigenvalue weighted by molar-refractivity contribution is -0.207. The van der Waals surface area contributed by atoms with Crippen LogP contribution >= 0.6 is 31.9 Å². The molecule has 2 fully saturated rings. The van der Waals surface area contributed by atoms with E-state index in [1.54, 1.807) is 0 Å². The Kier molecular flexibility index (Phi) is 4.47. The highest BCUT2D eigenvalue weighted by molar-refractivity contribution is 9.11. The molecule has 2 aliphatic heterocycles. The van der Waals surface area contributed by atoms with Gasteiger partial charge in [0.1, 0.15) is 5.75 Å². The van der Waals surface area contributed by atoms with Crippen LogP contribution in [-0.2, 0) is 4.74 Å². The Balaban J connectivity index is 1.80. The van der Waals surface area contributed by atoms with Gasteiger partial charge in [0.25, 0.3) is 0 Å². The minimum atomic E-state index is -0.490. The molecule has 0 aromatic heterocycles. The van der Waals surface area contributed by atoms with Gasteiger partial charge in [-0.1, -0.05) is 22.4 Å². The summed E-state index contributed by atoms with van der Waals surface area (Å²) in [5.41, 5.74) is 0.493. The van der Waals surface area contributed by atoms with Crippen molar-refractivity contribution in [2.24, 2.45) is 5.92 Å². The number of nitrogens with zero attached hydrogens (tertiary/aromatic N) is 1. The Labute approximate surface area is 153 Å². The molecular formula is C17H21Br2NO3. The van der Waals surface area contributed by atoms with Crippen molar-refractivity contribution < 1.29 is 14.6 Å². The summed E-state index contributed by atoms with van der Waals surface area (Å²) >= 11 is 7.14. The molecule has 1 aromatic rings. The lowest BCUT2D eigenvalue weighted by Crippen LogP contribution is -2.64. The van der Waals surface area contributed by atoms with Crippen LogP contribution in [0.5, 0.6) is 5.75 Å². The van der Waals surface area contributed by atoms with E-state index >= 15 is 0 Å². The number of morpholine rings is 1. The SMILES string of the molecule is OC1c2cc(Br)cc(Br)c2OC2(N3CCOCC3)CCCCC12. The first kappa shape index (κ1) is 16.3. The highest BCUT2D eigenvalue weighted by Gasteiger charge is 2.54. The van der Waals surface area contributed by atoms with Crippen molar-refractivity contribution in [3.63, 3.8) is 0 Å². The van der Waals surface area contributed by atoms with E-state index in [1.807, 2.05) is 12.1 Å². The van der Waals surface area contributed by atoms with Gasteiger partial charge >= 0.3 is 0 Å². The summed E-state index contributed by atoms with van der Waals surface area (Å²) in [6.45, 7) is 3.21. The predicted octanol–water partition coefficient (Wildman–Crippen LogP) is 3.86. The van der Waals surface area contributed by atoms with E-state index in [0.29, 0.717) is 0 Å². The molecule has 0 amide bonds. The lowest BCUT2D eigenvalue weighted by Gasteiger charge is -2.55. The fourth-order valence-electron chi connectivity index (χ4n) is 4.38. The largest absolute Gasteiger partial charge is 0.471 e. The van der Waals surface area contributed by atoms with Gasteiger partial charge in [-0.05, 0) is 40.9 Å². The Bertz CT molecular complexity index is 606. The number of aliphatic hydroxyl groups excluding tert-OH is 1. The third-order valence-corrected chi connectivity index (χ3v) is 6.49. The van der Waals surface area contributed by atoms with Crippen molar-refractivity contribution in [2.75, 3.05) is 26.3 Å². The van der Waals surface area contributed by atoms with Crippen molar-refractivity contribution >= 4 is 31.9 Å². The second-order valence-electron chi connectivity index (χ2n) is 6.65. The molecule has 1 saturated carbocycles. The van der Waals surface area contributed by atoms with Crippen molar-refractivity contribution in [3.8, 4) is 5.75 Å². The molecule has 126 valence electrons. The van der Waals surface area contributed by atoms with Crippen molar-refractivity contribution in [1.82, 2.24) is 4.90 Å². The zero-order valence-electron chi connectivity index (χ0n) is 12.9. The predicted molar refractivity (Wildman–Crippen MR) is 94.5 cm³/mol. The first-order chi connectivity index (χ1) is 11.1. The Morgan fingerprint density at radius 2 is 1.96 bits per heavy atom. The van der Waals surface area contributed by atoms with Gasteiger partial charge in [0.2, 0.25) is 0 Å². The Hall–Kier alpha value is -0.140. The van der Waals surface area contributed by atoms with E-state index in [1.165, 1.54) is 0 Å². The quantitative estimate of drug-likeness (QED) is 0.711. The van der Waals surface area contributed by atoms with Crippen LogP contribution in [0, 0.1) is 5.92 Å². The first-order valence-corrected chi connectivity index (χ1v) is 9.89. The Morgan fingerprint density at radius 1 is 1.17 bits per heavy atom. The maximum Gasteiger partial charge on any atom is 0.169 e. The van der Waals surface area contributed by atoms with Gasteiger partial charge in [-0.15, -0.1) is 0 Å². The first-order valence-electron chi connectivity index (χ1n) is 8.31. The maximum atomic E-state index is 11.1. The number of ether oxygens (including phenoxy) is 2. The third-order valence-electron chi connectivity index (χ3n) is 5.44. The van der Waals surface area contributed by atoms with Gasteiger partial charge in [0.05, 0.1) is 23.8 Å². The van der Waals surface area contributed by atoms with Crippen LogP contribution in [0.4, 0.5) is 0 Å². The highest BCUT2D eigenvalue weighted by Crippen LogP contribution is 2.54. The van der Waals surface area contributed by atoms with E-state index in [-0.39, 0.29) is 5.92 Å². The van der Waals surface area contributed by atoms with Crippen LogP contribution in [0.1, 0.15) is 37.4 Å². The minimum Gasteiger partial charge on any atom is -0.471 e. The fraction of sp³-hybridized carbons (Fsp3) is 0.647. The number of fused-ring (bicyclic) bond motifs is 2. The number of hydrogen-bond donors (Lipinski definition) is 1. The van der Waals surface area contributed by atoms with E-state index in [4.69, 9.17) is 9.47 Å². The highest BCUT2D eigenvalue weighted by atomic mass is 79.9. The molecule has 4 nitrogen and oxygen atoms in total. The summed E-state index contributed by atoms with van der Waals surface area (Å²) in [6.07, 6.45) is 3.78. The zero-order valence-corrected chi connectivity index (χ0v) is 16.1. The van der Waals surface area contributed by atoms with Crippen molar-refractivity contribution in [3.05, 3.63) is 26.6 Å². The molecule has 4 rings (SSSR count). The summed E-state index contributed by atoms with van der Waals surface area (Å²) in [5, 5.41) is 11.1. The van der Waals surface area contributed by atoms with Gasteiger partial charge < -0.3 is 14.6 Å². The van der Waals surface area contributed by atoms with E-state index in [0.717, 1.165) is 72.2 Å². The number of hydrogen-bond acceptors (Lipinski definition) is 4. The normalized spacial score (nSPS) is 34.4. The van der Waals surface area contributed by atoms with Crippen LogP contribution in [0.2, 0.25) is 0 Å². The van der Waals surface area contributed by atoms with Crippen molar-refractivity contribution in [1.29, 1.82) is 0 Å². The van der Waals surface area contributed by atoms with Gasteiger partial charge in [0.15, 0.2) is 5.72 Å². The minimum absolute atomic E-state index is 0.114. The molecule has 3 unspecified atom stereocenters. The van der Waals surface area contributed by atoms with E-state index in [2.05, 4.69) is 36.8 Å². The van der Waals surface area contributed by atoms with Crippen LogP contribution in [0.25, 0.3) is 0 Å². The summed E-state index contributed by atoms with van der Waals surface area (Å²) in [6, 6.07) is 3.98. The van der Waals surface area contributed by atoms with Gasteiger partial charge in [-0.2, -0.15) is 0 Å². The van der Waals surface area contributed by atoms with E-state index < -0.39 is 11.8 Å². The third kappa shape index (κ3) is 2.67. The summed E-state index contributed by atoms with van der Waals surface area (Å²) in [7, 11) is 0. The molecule has 1 saturated heterocycles. The number of aliphatic hydroxyl groups is 1. The lowest BCUT2D eigenvalue weighted by atomic mass is 9.73. The van der Waals surface area contributed by atoms with Crippen LogP contribution < -0.4 is 4.74 Å². The number of halogens is 2. The molecule has 3 aliphatic rings. The maximum absolute atomic E-state index is 11.1. The van der Waals surface area contributed by atoms with Crippen LogP contribution in [-0.4, -0.2) is 42.0 Å². The molecule has 3 atom stereocenters. The monoisotopic (exact) mass is 445 g/mol. The molecule has 0 spiro atoms. The molecule has 0 bridgehead atoms. The van der Waals surface area contributed by atoms with Crippen molar-refractivity contribution in [2.45, 2.75) is 37.5 Å². The summed E-state index contributed by atoms with van der Waals surface area (Å²) in [4.78, 5) is 2.40. The molecular weight excluding hydrogens is 426 g/mol.